The van der Waals surface area contributed by atoms with Gasteiger partial charge in [0.25, 0.3) is 5.91 Å². The highest BCUT2D eigenvalue weighted by molar-refractivity contribution is 6.30. The fourth-order valence-electron chi connectivity index (χ4n) is 2.62. The Labute approximate surface area is 135 Å². The zero-order valence-corrected chi connectivity index (χ0v) is 14.1. The molecule has 22 heavy (non-hydrogen) atoms. The molecule has 0 spiro atoms. The number of rotatable bonds is 1. The minimum absolute atomic E-state index is 0.0372. The van der Waals surface area contributed by atoms with Crippen LogP contribution in [0.1, 0.15) is 24.3 Å². The Morgan fingerprint density at radius 1 is 1.27 bits per heavy atom. The van der Waals surface area contributed by atoms with Crippen LogP contribution in [-0.2, 0) is 0 Å². The van der Waals surface area contributed by atoms with Gasteiger partial charge in [0.1, 0.15) is 5.69 Å². The fraction of sp³-hybridized carbons (Fsp3) is 0.533. The first kappa shape index (κ1) is 16.5. The summed E-state index contributed by atoms with van der Waals surface area (Å²) in [5.74, 6) is -0.140. The molecule has 0 aliphatic carbocycles. The lowest BCUT2D eigenvalue weighted by molar-refractivity contribution is 0.0236. The highest BCUT2D eigenvalue weighted by atomic mass is 35.5. The van der Waals surface area contributed by atoms with E-state index in [0.29, 0.717) is 30.4 Å². The van der Waals surface area contributed by atoms with E-state index in [4.69, 9.17) is 11.6 Å². The normalized spacial score (nSPS) is 17.3. The summed E-state index contributed by atoms with van der Waals surface area (Å²) in [6.45, 7) is 5.39. The van der Waals surface area contributed by atoms with Gasteiger partial charge in [-0.1, -0.05) is 11.6 Å². The molecule has 2 heterocycles. The van der Waals surface area contributed by atoms with Crippen LogP contribution in [0.3, 0.4) is 0 Å². The number of carbonyl (C=O) groups excluding carboxylic acids is 2. The lowest BCUT2D eigenvalue weighted by Crippen LogP contribution is -2.63. The summed E-state index contributed by atoms with van der Waals surface area (Å²) in [7, 11) is 3.45. The number of amides is 3. The van der Waals surface area contributed by atoms with Crippen LogP contribution < -0.4 is 0 Å². The number of hydrogen-bond acceptors (Lipinski definition) is 3. The van der Waals surface area contributed by atoms with E-state index in [0.717, 1.165) is 0 Å². The monoisotopic (exact) mass is 324 g/mol. The van der Waals surface area contributed by atoms with Crippen molar-refractivity contribution >= 4 is 23.5 Å². The molecule has 0 bridgehead atoms. The Balaban J connectivity index is 2.15. The number of hydrogen-bond donors (Lipinski definition) is 0. The molecule has 120 valence electrons. The van der Waals surface area contributed by atoms with Crippen LogP contribution in [0.15, 0.2) is 18.3 Å². The van der Waals surface area contributed by atoms with Crippen LogP contribution in [0.25, 0.3) is 0 Å². The lowest BCUT2D eigenvalue weighted by Gasteiger charge is -2.47. The van der Waals surface area contributed by atoms with Crippen LogP contribution in [0.4, 0.5) is 4.79 Å². The molecule has 0 N–H and O–H groups in total. The maximum Gasteiger partial charge on any atom is 0.319 e. The zero-order valence-electron chi connectivity index (χ0n) is 13.3. The number of nitrogens with zero attached hydrogens (tertiary/aromatic N) is 4. The van der Waals surface area contributed by atoms with E-state index in [9.17, 15) is 9.59 Å². The summed E-state index contributed by atoms with van der Waals surface area (Å²) in [5.41, 5.74) is -0.0904. The Hall–Kier alpha value is -1.82. The number of urea groups is 1. The number of pyridine rings is 1. The second kappa shape index (κ2) is 6.12. The number of piperazine rings is 1. The maximum atomic E-state index is 12.6. The van der Waals surface area contributed by atoms with Crippen LogP contribution in [0.5, 0.6) is 0 Å². The number of aromatic nitrogens is 1. The van der Waals surface area contributed by atoms with Gasteiger partial charge in [-0.05, 0) is 26.0 Å². The van der Waals surface area contributed by atoms with Gasteiger partial charge in [0.2, 0.25) is 0 Å². The number of carbonyl (C=O) groups is 2. The van der Waals surface area contributed by atoms with E-state index < -0.39 is 5.54 Å². The third kappa shape index (κ3) is 3.32. The smallest absolute Gasteiger partial charge is 0.319 e. The van der Waals surface area contributed by atoms with Crippen molar-refractivity contribution in [1.29, 1.82) is 0 Å². The van der Waals surface area contributed by atoms with E-state index in [1.54, 1.807) is 40.9 Å². The summed E-state index contributed by atoms with van der Waals surface area (Å²) < 4.78 is 0. The van der Waals surface area contributed by atoms with Crippen molar-refractivity contribution in [3.05, 3.63) is 29.0 Å². The van der Waals surface area contributed by atoms with Gasteiger partial charge >= 0.3 is 6.03 Å². The average Bonchev–Trinajstić information content (AvgIpc) is 2.45. The fourth-order valence-corrected chi connectivity index (χ4v) is 2.73. The molecule has 1 aliphatic heterocycles. The molecule has 2 rings (SSSR count). The Morgan fingerprint density at radius 3 is 2.45 bits per heavy atom. The van der Waals surface area contributed by atoms with Gasteiger partial charge in [-0.25, -0.2) is 9.78 Å². The Kier molecular flexibility index (Phi) is 4.60. The molecule has 1 aromatic rings. The van der Waals surface area contributed by atoms with Crippen molar-refractivity contribution in [2.45, 2.75) is 19.4 Å². The summed E-state index contributed by atoms with van der Waals surface area (Å²) in [6.07, 6.45) is 1.47. The molecule has 0 unspecified atom stereocenters. The van der Waals surface area contributed by atoms with Gasteiger partial charge in [-0.3, -0.25) is 4.79 Å². The van der Waals surface area contributed by atoms with E-state index in [1.807, 2.05) is 13.8 Å². The van der Waals surface area contributed by atoms with Crippen LogP contribution in [0.2, 0.25) is 5.02 Å². The maximum absolute atomic E-state index is 12.6. The third-order valence-corrected chi connectivity index (χ3v) is 3.97. The third-order valence-electron chi connectivity index (χ3n) is 3.75. The van der Waals surface area contributed by atoms with Crippen molar-refractivity contribution in [2.24, 2.45) is 0 Å². The molecular weight excluding hydrogens is 304 g/mol. The molecule has 1 saturated heterocycles. The Bertz CT molecular complexity index is 571. The highest BCUT2D eigenvalue weighted by Gasteiger charge is 2.39. The predicted octanol–water partition coefficient (Wildman–Crippen LogP) is 1.95. The first-order valence-corrected chi connectivity index (χ1v) is 7.50. The van der Waals surface area contributed by atoms with Gasteiger partial charge < -0.3 is 14.7 Å². The molecule has 7 heteroatoms. The van der Waals surface area contributed by atoms with Gasteiger partial charge in [-0.2, -0.15) is 0 Å². The minimum atomic E-state index is -0.456. The standard InChI is InChI=1S/C15H21ClN4O2/c1-15(2)10-19(14(22)18(3)4)7-8-20(15)13(21)12-6-5-11(16)9-17-12/h5-6,9H,7-8,10H2,1-4H3. The van der Waals surface area contributed by atoms with Gasteiger partial charge in [0.15, 0.2) is 0 Å². The first-order valence-electron chi connectivity index (χ1n) is 7.12. The molecular formula is C15H21ClN4O2. The topological polar surface area (TPSA) is 56.8 Å². The molecule has 0 radical (unpaired) electrons. The van der Waals surface area contributed by atoms with Gasteiger partial charge in [0.05, 0.1) is 10.6 Å². The van der Waals surface area contributed by atoms with Crippen LogP contribution in [-0.4, -0.2) is 70.9 Å². The van der Waals surface area contributed by atoms with Crippen molar-refractivity contribution in [1.82, 2.24) is 19.7 Å². The molecule has 3 amide bonds. The SMILES string of the molecule is CN(C)C(=O)N1CCN(C(=O)c2ccc(Cl)cn2)C(C)(C)C1. The van der Waals surface area contributed by atoms with E-state index in [2.05, 4.69) is 4.98 Å². The number of halogens is 1. The van der Waals surface area contributed by atoms with Gasteiger partial charge in [0, 0.05) is 39.9 Å². The molecule has 6 nitrogen and oxygen atoms in total. The second-order valence-corrected chi connectivity index (χ2v) is 6.67. The predicted molar refractivity (Wildman–Crippen MR) is 85.0 cm³/mol. The summed E-state index contributed by atoms with van der Waals surface area (Å²) in [5, 5.41) is 0.497. The zero-order chi connectivity index (χ0) is 16.5. The van der Waals surface area contributed by atoms with Crippen LogP contribution in [0, 0.1) is 0 Å². The quantitative estimate of drug-likeness (QED) is 0.793. The molecule has 0 atom stereocenters. The van der Waals surface area contributed by atoms with E-state index in [1.165, 1.54) is 6.20 Å². The van der Waals surface area contributed by atoms with Crippen molar-refractivity contribution in [3.8, 4) is 0 Å². The largest absolute Gasteiger partial charge is 0.331 e. The summed E-state index contributed by atoms with van der Waals surface area (Å²) >= 11 is 5.81. The van der Waals surface area contributed by atoms with Crippen molar-refractivity contribution < 1.29 is 9.59 Å². The average molecular weight is 325 g/mol. The van der Waals surface area contributed by atoms with Crippen LogP contribution >= 0.6 is 11.6 Å². The van der Waals surface area contributed by atoms with Crippen molar-refractivity contribution in [2.75, 3.05) is 33.7 Å². The summed E-state index contributed by atoms with van der Waals surface area (Å²) in [4.78, 5) is 33.9. The molecule has 1 aromatic heterocycles. The van der Waals surface area contributed by atoms with E-state index >= 15 is 0 Å². The first-order chi connectivity index (χ1) is 10.2. The van der Waals surface area contributed by atoms with E-state index in [-0.39, 0.29) is 11.9 Å². The lowest BCUT2D eigenvalue weighted by atomic mass is 9.98. The van der Waals surface area contributed by atoms with Gasteiger partial charge in [-0.15, -0.1) is 0 Å². The minimum Gasteiger partial charge on any atom is -0.331 e. The summed E-state index contributed by atoms with van der Waals surface area (Å²) in [6, 6.07) is 3.24. The molecule has 1 fully saturated rings. The highest BCUT2D eigenvalue weighted by Crippen LogP contribution is 2.23. The molecule has 1 aliphatic rings. The molecule has 0 aromatic carbocycles. The molecule has 0 saturated carbocycles. The van der Waals surface area contributed by atoms with Crippen molar-refractivity contribution in [3.63, 3.8) is 0 Å². The second-order valence-electron chi connectivity index (χ2n) is 6.23. The Morgan fingerprint density at radius 2 is 1.95 bits per heavy atom.